The van der Waals surface area contributed by atoms with Crippen molar-refractivity contribution in [1.29, 1.82) is 0 Å². The summed E-state index contributed by atoms with van der Waals surface area (Å²) < 4.78 is 2.09. The minimum atomic E-state index is -0.310. The maximum absolute atomic E-state index is 9.84. The molecule has 2 aromatic heterocycles. The fourth-order valence-electron chi connectivity index (χ4n) is 2.28. The zero-order valence-corrected chi connectivity index (χ0v) is 8.80. The van der Waals surface area contributed by atoms with E-state index in [0.29, 0.717) is 12.4 Å². The van der Waals surface area contributed by atoms with E-state index in [1.54, 1.807) is 0 Å². The highest BCUT2D eigenvalue weighted by molar-refractivity contribution is 5.27. The van der Waals surface area contributed by atoms with Gasteiger partial charge in [-0.15, -0.1) is 10.2 Å². The smallest absolute Gasteiger partial charge is 0.194 e. The van der Waals surface area contributed by atoms with Crippen LogP contribution in [-0.2, 0) is 13.0 Å². The molecule has 84 valence electrons. The molecule has 0 aromatic carbocycles. The molecule has 0 radical (unpaired) electrons. The summed E-state index contributed by atoms with van der Waals surface area (Å²) in [7, 11) is 0. The second-order valence-electron chi connectivity index (χ2n) is 4.08. The summed E-state index contributed by atoms with van der Waals surface area (Å²) in [5, 5.41) is 23.7. The van der Waals surface area contributed by atoms with E-state index in [2.05, 4.69) is 25.2 Å². The fourth-order valence-corrected chi connectivity index (χ4v) is 2.28. The van der Waals surface area contributed by atoms with Crippen LogP contribution in [0.25, 0.3) is 0 Å². The number of nitrogens with zero attached hydrogens (tertiary/aromatic N) is 4. The number of hydrogen-bond donors (Lipinski definition) is 2. The number of aliphatic hydroxyl groups excluding tert-OH is 1. The van der Waals surface area contributed by atoms with E-state index in [4.69, 9.17) is 0 Å². The molecule has 2 N–H and O–H groups in total. The van der Waals surface area contributed by atoms with Gasteiger partial charge in [-0.1, -0.05) is 5.21 Å². The van der Waals surface area contributed by atoms with Gasteiger partial charge in [-0.2, -0.15) is 5.21 Å². The molecule has 0 bridgehead atoms. The number of aromatic amines is 1. The van der Waals surface area contributed by atoms with Gasteiger partial charge in [0.15, 0.2) is 5.82 Å². The Hall–Kier alpha value is -1.69. The predicted molar refractivity (Wildman–Crippen MR) is 55.6 cm³/mol. The van der Waals surface area contributed by atoms with Crippen LogP contribution in [0.2, 0.25) is 0 Å². The minimum Gasteiger partial charge on any atom is -0.388 e. The molecule has 0 aliphatic heterocycles. The van der Waals surface area contributed by atoms with E-state index in [-0.39, 0.29) is 6.10 Å². The Morgan fingerprint density at radius 2 is 2.50 bits per heavy atom. The summed E-state index contributed by atoms with van der Waals surface area (Å²) in [6.07, 6.45) is 4.58. The SMILES string of the molecule is OC1CCCc2c1ccn2Cc1nn[nH]n1. The van der Waals surface area contributed by atoms with Crippen LogP contribution in [0.5, 0.6) is 0 Å². The van der Waals surface area contributed by atoms with Gasteiger partial charge in [0, 0.05) is 17.5 Å². The lowest BCUT2D eigenvalue weighted by Gasteiger charge is -2.19. The number of nitrogens with one attached hydrogen (secondary N) is 1. The van der Waals surface area contributed by atoms with Crippen LogP contribution >= 0.6 is 0 Å². The fraction of sp³-hybridized carbons (Fsp3) is 0.500. The monoisotopic (exact) mass is 219 g/mol. The van der Waals surface area contributed by atoms with E-state index < -0.39 is 0 Å². The average molecular weight is 219 g/mol. The molecule has 1 aliphatic carbocycles. The van der Waals surface area contributed by atoms with E-state index in [1.165, 1.54) is 5.69 Å². The molecule has 0 spiro atoms. The highest BCUT2D eigenvalue weighted by Crippen LogP contribution is 2.30. The quantitative estimate of drug-likeness (QED) is 0.767. The molecule has 16 heavy (non-hydrogen) atoms. The molecule has 6 heteroatoms. The second-order valence-corrected chi connectivity index (χ2v) is 4.08. The number of aromatic nitrogens is 5. The van der Waals surface area contributed by atoms with E-state index in [9.17, 15) is 5.11 Å². The summed E-state index contributed by atoms with van der Waals surface area (Å²) in [6.45, 7) is 0.610. The van der Waals surface area contributed by atoms with Gasteiger partial charge in [-0.25, -0.2) is 0 Å². The van der Waals surface area contributed by atoms with Crippen molar-refractivity contribution in [3.63, 3.8) is 0 Å². The third kappa shape index (κ3) is 1.51. The number of tetrazole rings is 1. The first-order valence-electron chi connectivity index (χ1n) is 5.43. The van der Waals surface area contributed by atoms with Crippen LogP contribution in [0.3, 0.4) is 0 Å². The third-order valence-corrected chi connectivity index (χ3v) is 3.07. The topological polar surface area (TPSA) is 79.6 Å². The Balaban J connectivity index is 1.91. The maximum Gasteiger partial charge on any atom is 0.194 e. The highest BCUT2D eigenvalue weighted by atomic mass is 16.3. The van der Waals surface area contributed by atoms with Crippen LogP contribution in [0.15, 0.2) is 12.3 Å². The van der Waals surface area contributed by atoms with Crippen LogP contribution in [0, 0.1) is 0 Å². The van der Waals surface area contributed by atoms with Gasteiger partial charge in [0.05, 0.1) is 12.6 Å². The van der Waals surface area contributed by atoms with Crippen LogP contribution < -0.4 is 0 Å². The second kappa shape index (κ2) is 3.71. The first-order valence-corrected chi connectivity index (χ1v) is 5.43. The van der Waals surface area contributed by atoms with Crippen molar-refractivity contribution in [3.05, 3.63) is 29.3 Å². The van der Waals surface area contributed by atoms with Gasteiger partial charge >= 0.3 is 0 Å². The Bertz CT molecular complexity index is 475. The third-order valence-electron chi connectivity index (χ3n) is 3.07. The normalized spacial score (nSPS) is 19.7. The Morgan fingerprint density at radius 1 is 1.56 bits per heavy atom. The van der Waals surface area contributed by atoms with Crippen LogP contribution in [-0.4, -0.2) is 30.3 Å². The molecule has 3 rings (SSSR count). The van der Waals surface area contributed by atoms with E-state index >= 15 is 0 Å². The molecular weight excluding hydrogens is 206 g/mol. The molecule has 0 amide bonds. The number of H-pyrrole nitrogens is 1. The van der Waals surface area contributed by atoms with Gasteiger partial charge < -0.3 is 9.67 Å². The van der Waals surface area contributed by atoms with Crippen molar-refractivity contribution in [2.75, 3.05) is 0 Å². The molecule has 0 fully saturated rings. The summed E-state index contributed by atoms with van der Waals surface area (Å²) in [4.78, 5) is 0. The van der Waals surface area contributed by atoms with E-state index in [1.807, 2.05) is 12.3 Å². The summed E-state index contributed by atoms with van der Waals surface area (Å²) in [6, 6.07) is 1.99. The van der Waals surface area contributed by atoms with Gasteiger partial charge in [0.1, 0.15) is 0 Å². The highest BCUT2D eigenvalue weighted by Gasteiger charge is 2.21. The molecule has 0 saturated heterocycles. The van der Waals surface area contributed by atoms with Gasteiger partial charge in [-0.05, 0) is 25.3 Å². The molecule has 0 saturated carbocycles. The zero-order chi connectivity index (χ0) is 11.0. The largest absolute Gasteiger partial charge is 0.388 e. The lowest BCUT2D eigenvalue weighted by atomic mass is 9.95. The summed E-state index contributed by atoms with van der Waals surface area (Å²) in [5.74, 6) is 0.665. The first kappa shape index (κ1) is 9.53. The van der Waals surface area contributed by atoms with Gasteiger partial charge in [0.25, 0.3) is 0 Å². The number of hydrogen-bond acceptors (Lipinski definition) is 4. The van der Waals surface area contributed by atoms with Crippen LogP contribution in [0.4, 0.5) is 0 Å². The lowest BCUT2D eigenvalue weighted by Crippen LogP contribution is -2.12. The zero-order valence-electron chi connectivity index (χ0n) is 8.80. The number of rotatable bonds is 2. The van der Waals surface area contributed by atoms with Crippen molar-refractivity contribution < 1.29 is 5.11 Å². The standard InChI is InChI=1S/C10H13N5O/c16-9-3-1-2-8-7(9)4-5-15(8)6-10-11-13-14-12-10/h4-5,9,16H,1-3,6H2,(H,11,12,13,14). The Labute approximate surface area is 92.3 Å². The average Bonchev–Trinajstić information content (AvgIpc) is 2.90. The maximum atomic E-state index is 9.84. The summed E-state index contributed by atoms with van der Waals surface area (Å²) in [5.41, 5.74) is 2.25. The molecule has 2 aromatic rings. The molecule has 1 aliphatic rings. The predicted octanol–water partition coefficient (Wildman–Crippen LogP) is 0.419. The number of fused-ring (bicyclic) bond motifs is 1. The van der Waals surface area contributed by atoms with Crippen molar-refractivity contribution in [1.82, 2.24) is 25.2 Å². The summed E-state index contributed by atoms with van der Waals surface area (Å²) >= 11 is 0. The minimum absolute atomic E-state index is 0.310. The Kier molecular flexibility index (Phi) is 2.21. The lowest BCUT2D eigenvalue weighted by molar-refractivity contribution is 0.155. The van der Waals surface area contributed by atoms with Crippen LogP contribution in [0.1, 0.15) is 36.0 Å². The molecule has 2 heterocycles. The van der Waals surface area contributed by atoms with Crippen molar-refractivity contribution in [2.45, 2.75) is 31.9 Å². The van der Waals surface area contributed by atoms with E-state index in [0.717, 1.165) is 24.8 Å². The number of aliphatic hydroxyl groups is 1. The molecule has 1 atom stereocenters. The van der Waals surface area contributed by atoms with Gasteiger partial charge in [0.2, 0.25) is 0 Å². The van der Waals surface area contributed by atoms with Crippen molar-refractivity contribution in [3.8, 4) is 0 Å². The van der Waals surface area contributed by atoms with Crippen molar-refractivity contribution in [2.24, 2.45) is 0 Å². The Morgan fingerprint density at radius 3 is 3.31 bits per heavy atom. The van der Waals surface area contributed by atoms with Gasteiger partial charge in [-0.3, -0.25) is 0 Å². The first-order chi connectivity index (χ1) is 7.84. The van der Waals surface area contributed by atoms with Crippen molar-refractivity contribution >= 4 is 0 Å². The molecule has 6 nitrogen and oxygen atoms in total. The molecular formula is C10H13N5O. The molecule has 1 unspecified atom stereocenters.